The molecule has 1 aliphatic rings. The second-order valence-electron chi connectivity index (χ2n) is 13.6. The van der Waals surface area contributed by atoms with Gasteiger partial charge in [0.05, 0.1) is 0 Å². The summed E-state index contributed by atoms with van der Waals surface area (Å²) in [6.45, 7) is 10.2. The number of hydrogen-bond acceptors (Lipinski definition) is 6. The number of thioether (sulfide) groups is 1. The third kappa shape index (κ3) is 8.99. The minimum atomic E-state index is -1.10. The van der Waals surface area contributed by atoms with Gasteiger partial charge in [0.1, 0.15) is 0 Å². The first kappa shape index (κ1) is 35.9. The molecule has 0 saturated heterocycles. The zero-order chi connectivity index (χ0) is 34.3. The fraction of sp³-hybridized carbons (Fsp3) is 0.350. The maximum atomic E-state index is 13.7. The van der Waals surface area contributed by atoms with E-state index in [0.717, 1.165) is 32.3 Å². The zero-order valence-electron chi connectivity index (χ0n) is 28.2. The summed E-state index contributed by atoms with van der Waals surface area (Å²) in [6, 6.07) is 35.6. The molecule has 0 aliphatic heterocycles. The third-order valence-electron chi connectivity index (χ3n) is 8.44. The number of hydrogen-bond donors (Lipinski definition) is 2. The van der Waals surface area contributed by atoms with Crippen molar-refractivity contribution in [1.29, 1.82) is 0 Å². The number of rotatable bonds is 13. The Morgan fingerprint density at radius 3 is 1.94 bits per heavy atom. The van der Waals surface area contributed by atoms with Crippen LogP contribution in [-0.2, 0) is 20.9 Å². The first-order chi connectivity index (χ1) is 22.9. The van der Waals surface area contributed by atoms with Crippen molar-refractivity contribution in [3.63, 3.8) is 0 Å². The number of amides is 1. The summed E-state index contributed by atoms with van der Waals surface area (Å²) >= 11 is 0.901. The van der Waals surface area contributed by atoms with E-state index < -0.39 is 28.5 Å². The van der Waals surface area contributed by atoms with Crippen molar-refractivity contribution in [3.8, 4) is 11.1 Å². The third-order valence-corrected chi connectivity index (χ3v) is 12.7. The zero-order valence-corrected chi connectivity index (χ0v) is 30.7. The molecule has 0 saturated carbocycles. The van der Waals surface area contributed by atoms with E-state index in [9.17, 15) is 14.7 Å². The van der Waals surface area contributed by atoms with Crippen LogP contribution in [0.15, 0.2) is 109 Å². The Morgan fingerprint density at radius 1 is 0.812 bits per heavy atom. The number of carbonyl (C=O) groups excluding carboxylic acids is 2. The molecular formula is C40H45NO5SSe. The number of benzene rings is 4. The Bertz CT molecular complexity index is 1630. The van der Waals surface area contributed by atoms with E-state index >= 15 is 0 Å². The summed E-state index contributed by atoms with van der Waals surface area (Å²) in [5.41, 5.74) is 4.48. The molecule has 1 amide bonds. The molecule has 2 N–H and O–H groups in total. The summed E-state index contributed by atoms with van der Waals surface area (Å²) in [4.78, 5) is 26.8. The Balaban J connectivity index is 1.40. The van der Waals surface area contributed by atoms with Crippen molar-refractivity contribution in [1.82, 2.24) is 5.32 Å². The Labute approximate surface area is 295 Å². The molecule has 4 aromatic rings. The van der Waals surface area contributed by atoms with Crippen molar-refractivity contribution in [3.05, 3.63) is 126 Å². The van der Waals surface area contributed by atoms with Crippen molar-refractivity contribution in [2.75, 3.05) is 13.2 Å². The summed E-state index contributed by atoms with van der Waals surface area (Å²) < 4.78 is 12.9. The van der Waals surface area contributed by atoms with E-state index in [1.165, 1.54) is 11.8 Å². The Kier molecular flexibility index (Phi) is 11.9. The SMILES string of the molecule is CC(C)(C)SC(=O)C(C)(C)[C@@H](O)[C@@H]([Se]c1ccccc1)[C@H](COCc1ccccc1)NC(=O)OCC1c2ccccc2-c2ccccc21. The molecule has 4 aromatic carbocycles. The number of aliphatic hydroxyl groups is 1. The van der Waals surface area contributed by atoms with E-state index in [-0.39, 0.29) is 44.0 Å². The van der Waals surface area contributed by atoms with Gasteiger partial charge in [0.25, 0.3) is 0 Å². The molecule has 0 heterocycles. The van der Waals surface area contributed by atoms with Crippen LogP contribution in [0.5, 0.6) is 0 Å². The number of aliphatic hydroxyl groups excluding tert-OH is 1. The summed E-state index contributed by atoms with van der Waals surface area (Å²) in [7, 11) is 0. The van der Waals surface area contributed by atoms with Gasteiger partial charge in [-0.05, 0) is 0 Å². The molecule has 48 heavy (non-hydrogen) atoms. The molecule has 3 atom stereocenters. The number of fused-ring (bicyclic) bond motifs is 3. The van der Waals surface area contributed by atoms with Crippen LogP contribution in [0.25, 0.3) is 11.1 Å². The maximum absolute atomic E-state index is 13.7. The van der Waals surface area contributed by atoms with E-state index in [0.29, 0.717) is 6.61 Å². The van der Waals surface area contributed by atoms with Gasteiger partial charge in [-0.15, -0.1) is 0 Å². The van der Waals surface area contributed by atoms with Crippen LogP contribution in [0.1, 0.15) is 57.2 Å². The van der Waals surface area contributed by atoms with Gasteiger partial charge in [-0.25, -0.2) is 0 Å². The molecule has 8 heteroatoms. The van der Waals surface area contributed by atoms with E-state index in [1.54, 1.807) is 13.8 Å². The number of ether oxygens (including phenoxy) is 2. The second kappa shape index (κ2) is 15.9. The van der Waals surface area contributed by atoms with Crippen molar-refractivity contribution >= 4 is 42.4 Å². The van der Waals surface area contributed by atoms with Gasteiger partial charge in [0, 0.05) is 0 Å². The average molecular weight is 731 g/mol. The standard InChI is InChI=1S/C40H45NO5SSe/c1-39(2,3)47-37(43)40(4,5)36(42)35(48-28-18-10-7-11-19-28)34(26-45-24-27-16-8-6-9-17-27)41-38(44)46-25-33-31-22-14-12-20-29(31)30-21-13-15-23-32(30)33/h6-23,33-36,42H,24-26H2,1-5H3,(H,41,44)/t34-,35-,36-/m0/s1. The van der Waals surface area contributed by atoms with Crippen LogP contribution in [-0.4, -0.2) is 61.4 Å². The molecule has 0 fully saturated rings. The minimum absolute atomic E-state index is 0.0863. The fourth-order valence-electron chi connectivity index (χ4n) is 5.85. The number of carbonyl (C=O) groups is 2. The average Bonchev–Trinajstić information content (AvgIpc) is 3.39. The van der Waals surface area contributed by atoms with Gasteiger partial charge < -0.3 is 0 Å². The normalized spacial score (nSPS) is 14.8. The summed E-state index contributed by atoms with van der Waals surface area (Å²) in [5, 5.41) is 15.1. The van der Waals surface area contributed by atoms with Crippen LogP contribution < -0.4 is 9.78 Å². The topological polar surface area (TPSA) is 84.9 Å². The summed E-state index contributed by atoms with van der Waals surface area (Å²) in [5.74, 6) is -0.0863. The molecule has 0 radical (unpaired) electrons. The Hall–Kier alpha value is -3.39. The fourth-order valence-corrected chi connectivity index (χ4v) is 9.75. The Morgan fingerprint density at radius 2 is 1.35 bits per heavy atom. The van der Waals surface area contributed by atoms with Crippen molar-refractivity contribution in [2.24, 2.45) is 5.41 Å². The molecule has 0 bridgehead atoms. The molecule has 0 aromatic heterocycles. The van der Waals surface area contributed by atoms with Gasteiger partial charge >= 0.3 is 296 Å². The molecule has 5 rings (SSSR count). The van der Waals surface area contributed by atoms with E-state index in [1.807, 2.05) is 106 Å². The van der Waals surface area contributed by atoms with Crippen LogP contribution in [0.2, 0.25) is 4.82 Å². The predicted octanol–water partition coefficient (Wildman–Crippen LogP) is 7.37. The number of alkyl carbamates (subject to hydrolysis) is 1. The molecule has 0 spiro atoms. The molecule has 6 nitrogen and oxygen atoms in total. The second-order valence-corrected chi connectivity index (χ2v) is 18.1. The van der Waals surface area contributed by atoms with Gasteiger partial charge in [0.2, 0.25) is 0 Å². The van der Waals surface area contributed by atoms with Gasteiger partial charge in [-0.1, -0.05) is 0 Å². The monoisotopic (exact) mass is 731 g/mol. The first-order valence-corrected chi connectivity index (χ1v) is 19.0. The van der Waals surface area contributed by atoms with Crippen LogP contribution in [0.3, 0.4) is 0 Å². The van der Waals surface area contributed by atoms with Crippen LogP contribution >= 0.6 is 11.8 Å². The summed E-state index contributed by atoms with van der Waals surface area (Å²) in [6.07, 6.45) is -1.65. The first-order valence-electron chi connectivity index (χ1n) is 16.3. The molecular weight excluding hydrogens is 685 g/mol. The van der Waals surface area contributed by atoms with Gasteiger partial charge in [0.15, 0.2) is 0 Å². The molecule has 0 unspecified atom stereocenters. The van der Waals surface area contributed by atoms with Crippen LogP contribution in [0, 0.1) is 5.41 Å². The van der Waals surface area contributed by atoms with Gasteiger partial charge in [-0.3, -0.25) is 0 Å². The molecule has 1 aliphatic carbocycles. The predicted molar refractivity (Wildman–Crippen MR) is 196 cm³/mol. The number of nitrogens with one attached hydrogen (secondary N) is 1. The van der Waals surface area contributed by atoms with Gasteiger partial charge in [-0.2, -0.15) is 0 Å². The van der Waals surface area contributed by atoms with Crippen molar-refractivity contribution in [2.45, 2.75) is 68.9 Å². The molecule has 252 valence electrons. The quantitative estimate of drug-likeness (QED) is 0.140. The van der Waals surface area contributed by atoms with E-state index in [4.69, 9.17) is 9.47 Å². The van der Waals surface area contributed by atoms with Crippen molar-refractivity contribution < 1.29 is 24.2 Å². The van der Waals surface area contributed by atoms with Crippen LogP contribution in [0.4, 0.5) is 4.79 Å². The van der Waals surface area contributed by atoms with E-state index in [2.05, 4.69) is 29.6 Å².